The number of carbonyl (C=O) groups excluding carboxylic acids is 2. The van der Waals surface area contributed by atoms with Crippen molar-refractivity contribution >= 4 is 80.5 Å². The van der Waals surface area contributed by atoms with E-state index in [0.717, 1.165) is 29.0 Å². The van der Waals surface area contributed by atoms with Crippen molar-refractivity contribution in [2.45, 2.75) is 16.1 Å². The number of amides is 1. The van der Waals surface area contributed by atoms with Gasteiger partial charge in [0.05, 0.1) is 11.6 Å². The van der Waals surface area contributed by atoms with Crippen LogP contribution in [0.4, 0.5) is 9.52 Å². The summed E-state index contributed by atoms with van der Waals surface area (Å²) in [5, 5.41) is 21.1. The first-order valence-electron chi connectivity index (χ1n) is 11.0. The highest BCUT2D eigenvalue weighted by Gasteiger charge is 2.48. The van der Waals surface area contributed by atoms with Gasteiger partial charge >= 0.3 is 5.91 Å². The second-order valence-corrected chi connectivity index (χ2v) is 11.6. The number of thioether (sulfide) groups is 1. The lowest BCUT2D eigenvalue weighted by Crippen LogP contribution is -2.29. The highest BCUT2D eigenvalue weighted by molar-refractivity contribution is 8.00. The van der Waals surface area contributed by atoms with E-state index >= 15 is 0 Å². The molecule has 1 N–H and O–H groups in total. The number of aromatic nitrogens is 2. The number of nitrogens with zero attached hydrogens (tertiary/aromatic N) is 3. The van der Waals surface area contributed by atoms with Gasteiger partial charge in [-0.15, -0.1) is 10.2 Å². The van der Waals surface area contributed by atoms with Gasteiger partial charge in [-0.2, -0.15) is 0 Å². The highest BCUT2D eigenvalue weighted by Crippen LogP contribution is 2.44. The van der Waals surface area contributed by atoms with Crippen molar-refractivity contribution in [2.75, 3.05) is 4.90 Å². The molecule has 192 valence electrons. The Morgan fingerprint density at radius 1 is 0.974 bits per heavy atom. The number of rotatable bonds is 6. The zero-order chi connectivity index (χ0) is 27.0. The Morgan fingerprint density at radius 3 is 2.34 bits per heavy atom. The molecule has 6 nitrogen and oxygen atoms in total. The molecule has 12 heteroatoms. The van der Waals surface area contributed by atoms with E-state index in [0.29, 0.717) is 30.7 Å². The smallest absolute Gasteiger partial charge is 0.301 e. The molecular formula is C26H15Cl3FN3O3S2. The fraction of sp³-hybridized carbons (Fsp3) is 0.0769. The number of carbonyl (C=O) groups is 2. The summed E-state index contributed by atoms with van der Waals surface area (Å²) in [5.41, 5.74) is 1.41. The number of anilines is 1. The van der Waals surface area contributed by atoms with Crippen LogP contribution >= 0.6 is 57.9 Å². The minimum Gasteiger partial charge on any atom is -0.507 e. The first kappa shape index (κ1) is 26.6. The summed E-state index contributed by atoms with van der Waals surface area (Å²) in [5.74, 6) is -2.22. The van der Waals surface area contributed by atoms with E-state index in [1.807, 2.05) is 6.07 Å². The van der Waals surface area contributed by atoms with Crippen molar-refractivity contribution in [3.8, 4) is 0 Å². The third-order valence-electron chi connectivity index (χ3n) is 5.72. The van der Waals surface area contributed by atoms with Gasteiger partial charge in [-0.1, -0.05) is 76.1 Å². The molecule has 0 saturated carbocycles. The van der Waals surface area contributed by atoms with Crippen LogP contribution in [0.2, 0.25) is 15.1 Å². The van der Waals surface area contributed by atoms with E-state index in [2.05, 4.69) is 10.2 Å². The summed E-state index contributed by atoms with van der Waals surface area (Å²) in [6.07, 6.45) is 0. The van der Waals surface area contributed by atoms with E-state index < -0.39 is 29.3 Å². The zero-order valence-electron chi connectivity index (χ0n) is 19.1. The van der Waals surface area contributed by atoms with Crippen LogP contribution in [-0.4, -0.2) is 27.0 Å². The summed E-state index contributed by atoms with van der Waals surface area (Å²) in [7, 11) is 0. The lowest BCUT2D eigenvalue weighted by molar-refractivity contribution is -0.132. The van der Waals surface area contributed by atoms with Gasteiger partial charge in [0.2, 0.25) is 5.13 Å². The van der Waals surface area contributed by atoms with Gasteiger partial charge in [-0.05, 0) is 59.7 Å². The predicted octanol–water partition coefficient (Wildman–Crippen LogP) is 7.56. The molecule has 0 radical (unpaired) electrons. The fourth-order valence-electron chi connectivity index (χ4n) is 3.89. The molecule has 1 aliphatic heterocycles. The van der Waals surface area contributed by atoms with Gasteiger partial charge in [-0.25, -0.2) is 4.39 Å². The van der Waals surface area contributed by atoms with E-state index in [9.17, 15) is 19.1 Å². The molecule has 1 aromatic heterocycles. The Morgan fingerprint density at radius 2 is 1.66 bits per heavy atom. The SMILES string of the molecule is O=C1C(=O)N(c2nnc(SCc3ccc(Cl)cc3Cl)s2)C(c2ccc(Cl)cc2)/C1=C(/O)c1ccc(F)cc1. The van der Waals surface area contributed by atoms with Crippen LogP contribution in [0, 0.1) is 5.82 Å². The van der Waals surface area contributed by atoms with Crippen molar-refractivity contribution in [1.82, 2.24) is 10.2 Å². The predicted molar refractivity (Wildman–Crippen MR) is 149 cm³/mol. The second kappa shape index (κ2) is 11.0. The van der Waals surface area contributed by atoms with Crippen LogP contribution in [-0.2, 0) is 15.3 Å². The first-order valence-corrected chi connectivity index (χ1v) is 13.9. The van der Waals surface area contributed by atoms with Crippen LogP contribution in [0.15, 0.2) is 76.6 Å². The van der Waals surface area contributed by atoms with Crippen molar-refractivity contribution in [3.63, 3.8) is 0 Å². The molecule has 5 rings (SSSR count). The quantitative estimate of drug-likeness (QED) is 0.0802. The summed E-state index contributed by atoms with van der Waals surface area (Å²) in [6.45, 7) is 0. The van der Waals surface area contributed by atoms with Gasteiger partial charge in [0.15, 0.2) is 4.34 Å². The van der Waals surface area contributed by atoms with Crippen LogP contribution in [0.25, 0.3) is 5.76 Å². The molecule has 1 atom stereocenters. The zero-order valence-corrected chi connectivity index (χ0v) is 23.0. The number of aliphatic hydroxyl groups is 1. The standard InChI is InChI=1S/C26H15Cl3FN3O3S2/c27-16-6-1-13(2-7-16)21-20(22(34)14-4-9-18(30)10-5-14)23(35)24(36)33(21)25-31-32-26(38-25)37-12-15-3-8-17(28)11-19(15)29/h1-11,21,34H,12H2/b22-20-. The first-order chi connectivity index (χ1) is 18.2. The summed E-state index contributed by atoms with van der Waals surface area (Å²) >= 11 is 20.8. The van der Waals surface area contributed by atoms with Crippen molar-refractivity contribution < 1.29 is 19.1 Å². The van der Waals surface area contributed by atoms with Gasteiger partial charge in [-0.3, -0.25) is 14.5 Å². The Labute approximate surface area is 239 Å². The number of hydrogen-bond donors (Lipinski definition) is 1. The maximum absolute atomic E-state index is 13.5. The monoisotopic (exact) mass is 605 g/mol. The Hall–Kier alpha value is -2.95. The third kappa shape index (κ3) is 5.30. The highest BCUT2D eigenvalue weighted by atomic mass is 35.5. The van der Waals surface area contributed by atoms with E-state index in [-0.39, 0.29) is 16.3 Å². The molecular weight excluding hydrogens is 592 g/mol. The minimum absolute atomic E-state index is 0.152. The Balaban J connectivity index is 1.52. The van der Waals surface area contributed by atoms with Gasteiger partial charge in [0, 0.05) is 26.4 Å². The molecule has 1 amide bonds. The molecule has 0 bridgehead atoms. The van der Waals surface area contributed by atoms with Gasteiger partial charge in [0.1, 0.15) is 11.6 Å². The molecule has 38 heavy (non-hydrogen) atoms. The number of ketones is 1. The third-order valence-corrected chi connectivity index (χ3v) is 8.66. The minimum atomic E-state index is -1.01. The largest absolute Gasteiger partial charge is 0.507 e. The molecule has 0 aliphatic carbocycles. The van der Waals surface area contributed by atoms with Crippen molar-refractivity contribution in [3.05, 3.63) is 110 Å². The van der Waals surface area contributed by atoms with Gasteiger partial charge in [0.25, 0.3) is 5.78 Å². The average Bonchev–Trinajstić information content (AvgIpc) is 3.46. The summed E-state index contributed by atoms with van der Waals surface area (Å²) < 4.78 is 14.0. The van der Waals surface area contributed by atoms with E-state index in [4.69, 9.17) is 34.8 Å². The molecule has 4 aromatic rings. The number of benzene rings is 3. The molecule has 1 unspecified atom stereocenters. The van der Waals surface area contributed by atoms with Crippen molar-refractivity contribution in [1.29, 1.82) is 0 Å². The number of halogens is 4. The van der Waals surface area contributed by atoms with E-state index in [1.165, 1.54) is 28.8 Å². The fourth-order valence-corrected chi connectivity index (χ4v) is 6.44. The topological polar surface area (TPSA) is 83.4 Å². The average molecular weight is 607 g/mol. The van der Waals surface area contributed by atoms with Crippen LogP contribution in [0.3, 0.4) is 0 Å². The summed E-state index contributed by atoms with van der Waals surface area (Å²) in [4.78, 5) is 27.7. The maximum Gasteiger partial charge on any atom is 0.301 e. The van der Waals surface area contributed by atoms with Crippen LogP contribution in [0.1, 0.15) is 22.7 Å². The Kier molecular flexibility index (Phi) is 7.74. The van der Waals surface area contributed by atoms with Gasteiger partial charge < -0.3 is 5.11 Å². The molecule has 3 aromatic carbocycles. The molecule has 1 saturated heterocycles. The Bertz CT molecular complexity index is 1580. The normalized spacial score (nSPS) is 16.8. The lowest BCUT2D eigenvalue weighted by Gasteiger charge is -2.22. The molecule has 2 heterocycles. The molecule has 1 fully saturated rings. The molecule has 1 aliphatic rings. The lowest BCUT2D eigenvalue weighted by atomic mass is 9.95. The molecule has 0 spiro atoms. The maximum atomic E-state index is 13.5. The second-order valence-electron chi connectivity index (χ2n) is 8.10. The van der Waals surface area contributed by atoms with Crippen LogP contribution in [0.5, 0.6) is 0 Å². The van der Waals surface area contributed by atoms with E-state index in [1.54, 1.807) is 36.4 Å². The summed E-state index contributed by atoms with van der Waals surface area (Å²) in [6, 6.07) is 15.7. The van der Waals surface area contributed by atoms with Crippen molar-refractivity contribution in [2.24, 2.45) is 0 Å². The number of Topliss-reactive ketones (excluding diaryl/α,β-unsaturated/α-hetero) is 1. The number of aliphatic hydroxyl groups excluding tert-OH is 1. The van der Waals surface area contributed by atoms with Crippen LogP contribution < -0.4 is 4.90 Å². The number of hydrogen-bond acceptors (Lipinski definition) is 7.